The Hall–Kier alpha value is -0.360. The Labute approximate surface area is 87.1 Å². The predicted octanol–water partition coefficient (Wildman–Crippen LogP) is -0.777. The summed E-state index contributed by atoms with van der Waals surface area (Å²) < 4.78 is 0. The van der Waals surface area contributed by atoms with Crippen LogP contribution in [0.5, 0.6) is 0 Å². The fourth-order valence-corrected chi connectivity index (χ4v) is 2.93. The minimum atomic E-state index is -0.716. The monoisotopic (exact) mass is 218 g/mol. The second kappa shape index (κ2) is 2.36. The Bertz CT molecular complexity index is 309. The lowest BCUT2D eigenvalue weighted by molar-refractivity contribution is -0.153. The van der Waals surface area contributed by atoms with Gasteiger partial charge in [0.1, 0.15) is 16.2 Å². The van der Waals surface area contributed by atoms with Crippen LogP contribution in [0.25, 0.3) is 0 Å². The Balaban J connectivity index is 2.43. The molecule has 3 atom stereocenters. The van der Waals surface area contributed by atoms with Crippen LogP contribution in [0.4, 0.5) is 0 Å². The molecule has 0 radical (unpaired) electrons. The van der Waals surface area contributed by atoms with E-state index < -0.39 is 16.2 Å². The van der Waals surface area contributed by atoms with Crippen molar-refractivity contribution >= 4 is 37.1 Å². The zero-order chi connectivity index (χ0) is 9.96. The van der Waals surface area contributed by atoms with Gasteiger partial charge in [0.15, 0.2) is 0 Å². The van der Waals surface area contributed by atoms with Crippen LogP contribution in [-0.2, 0) is 9.59 Å². The van der Waals surface area contributed by atoms with Crippen molar-refractivity contribution in [1.29, 1.82) is 0 Å². The highest BCUT2D eigenvalue weighted by Crippen LogP contribution is 2.47. The molecule has 4 nitrogen and oxygen atoms in total. The van der Waals surface area contributed by atoms with Crippen LogP contribution in [0.15, 0.2) is 0 Å². The van der Waals surface area contributed by atoms with E-state index in [0.29, 0.717) is 0 Å². The molecular weight excluding hydrogens is 208 g/mol. The van der Waals surface area contributed by atoms with E-state index in [1.54, 1.807) is 14.1 Å². The first kappa shape index (κ1) is 9.21. The minimum absolute atomic E-state index is 0.0672. The van der Waals surface area contributed by atoms with Gasteiger partial charge in [-0.25, -0.2) is 0 Å². The van der Waals surface area contributed by atoms with Crippen LogP contribution in [0, 0.1) is 0 Å². The predicted molar refractivity (Wildman–Crippen MR) is 53.8 cm³/mol. The number of thiol groups is 2. The topological polar surface area (TPSA) is 40.6 Å². The van der Waals surface area contributed by atoms with Gasteiger partial charge in [0, 0.05) is 14.1 Å². The average Bonchev–Trinajstić information content (AvgIpc) is 2.27. The van der Waals surface area contributed by atoms with Gasteiger partial charge in [-0.2, -0.15) is 12.6 Å². The fraction of sp³-hybridized carbons (Fsp3) is 0.714. The van der Waals surface area contributed by atoms with E-state index in [2.05, 4.69) is 25.3 Å². The first-order valence-corrected chi connectivity index (χ1v) is 4.83. The lowest BCUT2D eigenvalue weighted by Crippen LogP contribution is -2.72. The Morgan fingerprint density at radius 3 is 2.31 bits per heavy atom. The highest BCUT2D eigenvalue weighted by atomic mass is 32.1. The number of rotatable bonds is 0. The van der Waals surface area contributed by atoms with Gasteiger partial charge in [-0.15, -0.1) is 12.6 Å². The summed E-state index contributed by atoms with van der Waals surface area (Å²) in [4.78, 5) is 25.1. The molecule has 2 aliphatic heterocycles. The number of fused-ring (bicyclic) bond motifs is 1. The summed E-state index contributed by atoms with van der Waals surface area (Å²) in [5.41, 5.74) is 0. The van der Waals surface area contributed by atoms with Crippen molar-refractivity contribution in [3.8, 4) is 0 Å². The maximum absolute atomic E-state index is 11.5. The van der Waals surface area contributed by atoms with E-state index in [1.165, 1.54) is 9.80 Å². The standard InChI is InChI=1S/C7H10N2O2S2/c1-8-3-5(10)9(2)7(3,13)4(12)6(8)11/h3-4,12-13H,1-2H3. The molecular formula is C7H10N2O2S2. The van der Waals surface area contributed by atoms with Crippen molar-refractivity contribution in [3.05, 3.63) is 0 Å². The van der Waals surface area contributed by atoms with Gasteiger partial charge >= 0.3 is 0 Å². The van der Waals surface area contributed by atoms with Crippen LogP contribution in [0.2, 0.25) is 0 Å². The first-order chi connectivity index (χ1) is 5.92. The van der Waals surface area contributed by atoms with Gasteiger partial charge in [-0.1, -0.05) is 0 Å². The summed E-state index contributed by atoms with van der Waals surface area (Å²) in [6, 6.07) is -0.434. The van der Waals surface area contributed by atoms with E-state index in [-0.39, 0.29) is 11.8 Å². The second-order valence-corrected chi connectivity index (χ2v) is 4.67. The maximum Gasteiger partial charge on any atom is 0.249 e. The number of carbonyl (C=O) groups is 2. The van der Waals surface area contributed by atoms with Crippen molar-refractivity contribution in [1.82, 2.24) is 9.80 Å². The van der Waals surface area contributed by atoms with E-state index in [9.17, 15) is 9.59 Å². The van der Waals surface area contributed by atoms with Crippen LogP contribution < -0.4 is 0 Å². The molecule has 0 bridgehead atoms. The molecule has 0 saturated carbocycles. The average molecular weight is 218 g/mol. The highest BCUT2D eigenvalue weighted by molar-refractivity contribution is 7.86. The third-order valence-corrected chi connectivity index (χ3v) is 4.50. The number of hydrogen-bond donors (Lipinski definition) is 2. The summed E-state index contributed by atoms with van der Waals surface area (Å²) in [5.74, 6) is -0.205. The van der Waals surface area contributed by atoms with Crippen molar-refractivity contribution < 1.29 is 9.59 Å². The smallest absolute Gasteiger partial charge is 0.249 e. The van der Waals surface area contributed by atoms with Crippen molar-refractivity contribution in [2.45, 2.75) is 16.2 Å². The maximum atomic E-state index is 11.5. The Morgan fingerprint density at radius 2 is 1.85 bits per heavy atom. The molecule has 72 valence electrons. The number of nitrogens with zero attached hydrogens (tertiary/aromatic N) is 2. The molecule has 0 aromatic carbocycles. The van der Waals surface area contributed by atoms with Crippen molar-refractivity contribution in [2.75, 3.05) is 14.1 Å². The van der Waals surface area contributed by atoms with Crippen LogP contribution in [-0.4, -0.2) is 51.9 Å². The summed E-state index contributed by atoms with van der Waals surface area (Å²) in [6.07, 6.45) is 0. The minimum Gasteiger partial charge on any atom is -0.329 e. The summed E-state index contributed by atoms with van der Waals surface area (Å²) in [6.45, 7) is 0. The number of carbonyl (C=O) groups excluding carboxylic acids is 2. The van der Waals surface area contributed by atoms with Gasteiger partial charge in [0.05, 0.1) is 0 Å². The molecule has 0 N–H and O–H groups in total. The molecule has 2 heterocycles. The quantitative estimate of drug-likeness (QED) is 0.414. The van der Waals surface area contributed by atoms with Crippen LogP contribution in [0.1, 0.15) is 0 Å². The third-order valence-electron chi connectivity index (χ3n) is 2.88. The molecule has 6 heteroatoms. The number of likely N-dealkylation sites (tertiary alicyclic amines) is 2. The molecule has 2 amide bonds. The third kappa shape index (κ3) is 0.763. The number of hydrogen-bond acceptors (Lipinski definition) is 4. The molecule has 0 spiro atoms. The largest absolute Gasteiger partial charge is 0.329 e. The molecule has 2 fully saturated rings. The summed E-state index contributed by atoms with van der Waals surface area (Å²) in [7, 11) is 3.25. The first-order valence-electron chi connectivity index (χ1n) is 3.87. The van der Waals surface area contributed by atoms with Crippen LogP contribution in [0.3, 0.4) is 0 Å². The molecule has 2 saturated heterocycles. The zero-order valence-electron chi connectivity index (χ0n) is 7.26. The molecule has 13 heavy (non-hydrogen) atoms. The Morgan fingerprint density at radius 1 is 1.31 bits per heavy atom. The van der Waals surface area contributed by atoms with Crippen molar-refractivity contribution in [3.63, 3.8) is 0 Å². The summed E-state index contributed by atoms with van der Waals surface area (Å²) >= 11 is 8.54. The van der Waals surface area contributed by atoms with Gasteiger partial charge in [0.25, 0.3) is 0 Å². The molecule has 0 aliphatic carbocycles. The van der Waals surface area contributed by atoms with E-state index in [4.69, 9.17) is 0 Å². The van der Waals surface area contributed by atoms with Crippen molar-refractivity contribution in [2.24, 2.45) is 0 Å². The SMILES string of the molecule is CN1C(=O)C(S)C2(S)C1C(=O)N2C. The molecule has 3 unspecified atom stereocenters. The fourth-order valence-electron chi connectivity index (χ4n) is 1.94. The van der Waals surface area contributed by atoms with Gasteiger partial charge in [-0.3, -0.25) is 9.59 Å². The summed E-state index contributed by atoms with van der Waals surface area (Å²) in [5, 5.41) is -0.520. The second-order valence-electron chi connectivity index (χ2n) is 3.43. The molecule has 0 aromatic heterocycles. The van der Waals surface area contributed by atoms with Crippen LogP contribution >= 0.6 is 25.3 Å². The van der Waals surface area contributed by atoms with E-state index in [0.717, 1.165) is 0 Å². The van der Waals surface area contributed by atoms with E-state index >= 15 is 0 Å². The number of β-lactam (4-membered cyclic amide) rings is 1. The number of likely N-dealkylation sites (N-methyl/N-ethyl adjacent to an activating group) is 2. The molecule has 2 rings (SSSR count). The normalized spacial score (nSPS) is 43.7. The molecule has 0 aromatic rings. The van der Waals surface area contributed by atoms with E-state index in [1.807, 2.05) is 0 Å². The lowest BCUT2D eigenvalue weighted by atomic mass is 9.96. The van der Waals surface area contributed by atoms with Gasteiger partial charge in [-0.05, 0) is 0 Å². The molecule has 2 aliphatic rings. The Kier molecular flexibility index (Phi) is 1.67. The highest BCUT2D eigenvalue weighted by Gasteiger charge is 2.69. The van der Waals surface area contributed by atoms with Gasteiger partial charge < -0.3 is 9.80 Å². The number of amides is 2. The zero-order valence-corrected chi connectivity index (χ0v) is 9.05. The van der Waals surface area contributed by atoms with Gasteiger partial charge in [0.2, 0.25) is 11.8 Å². The lowest BCUT2D eigenvalue weighted by Gasteiger charge is -2.50.